The van der Waals surface area contributed by atoms with Crippen molar-refractivity contribution >= 4 is 15.9 Å². The Balaban J connectivity index is 2.77. The van der Waals surface area contributed by atoms with E-state index in [4.69, 9.17) is 4.74 Å². The summed E-state index contributed by atoms with van der Waals surface area (Å²) in [5.41, 5.74) is 4.37. The van der Waals surface area contributed by atoms with Crippen molar-refractivity contribution in [1.29, 1.82) is 0 Å². The lowest BCUT2D eigenvalue weighted by atomic mass is 9.92. The van der Waals surface area contributed by atoms with Crippen LogP contribution in [0.5, 0.6) is 5.75 Å². The van der Waals surface area contributed by atoms with Crippen LogP contribution in [0.15, 0.2) is 34.8 Å². The number of hydrogen-bond donors (Lipinski definition) is 0. The number of ether oxygens (including phenoxy) is 1. The molecule has 0 heterocycles. The first-order valence-corrected chi connectivity index (χ1v) is 7.94. The molecule has 0 aliphatic carbocycles. The standard InChI is InChI=1S/C18H20BrFO/c1-5-12-10-15(11(2)3)17(19)16(18(12)21-4)13-6-8-14(20)9-7-13/h6-11H,5H2,1-4H3. The van der Waals surface area contributed by atoms with Crippen LogP contribution < -0.4 is 4.74 Å². The van der Waals surface area contributed by atoms with Gasteiger partial charge in [0.15, 0.2) is 0 Å². The molecule has 0 N–H and O–H groups in total. The molecule has 0 spiro atoms. The third-order valence-electron chi connectivity index (χ3n) is 3.66. The highest BCUT2D eigenvalue weighted by atomic mass is 79.9. The molecular weight excluding hydrogens is 331 g/mol. The fourth-order valence-corrected chi connectivity index (χ4v) is 3.49. The van der Waals surface area contributed by atoms with Crippen LogP contribution in [0.3, 0.4) is 0 Å². The van der Waals surface area contributed by atoms with Gasteiger partial charge in [-0.1, -0.05) is 39.0 Å². The Hall–Kier alpha value is -1.35. The van der Waals surface area contributed by atoms with Crippen molar-refractivity contribution in [2.75, 3.05) is 7.11 Å². The molecule has 1 nitrogen and oxygen atoms in total. The van der Waals surface area contributed by atoms with E-state index in [1.54, 1.807) is 19.2 Å². The number of aryl methyl sites for hydroxylation is 1. The molecule has 0 aliphatic rings. The first kappa shape index (κ1) is 16.0. The highest BCUT2D eigenvalue weighted by Crippen LogP contribution is 2.43. The second kappa shape index (κ2) is 6.61. The van der Waals surface area contributed by atoms with Crippen LogP contribution in [0.4, 0.5) is 4.39 Å². The monoisotopic (exact) mass is 350 g/mol. The molecule has 0 bridgehead atoms. The summed E-state index contributed by atoms with van der Waals surface area (Å²) in [6.45, 7) is 6.45. The maximum atomic E-state index is 13.2. The van der Waals surface area contributed by atoms with Crippen LogP contribution in [0.25, 0.3) is 11.1 Å². The maximum absolute atomic E-state index is 13.2. The number of hydrogen-bond acceptors (Lipinski definition) is 1. The summed E-state index contributed by atoms with van der Waals surface area (Å²) in [5.74, 6) is 1.03. The normalized spacial score (nSPS) is 11.0. The lowest BCUT2D eigenvalue weighted by Gasteiger charge is -2.20. The lowest BCUT2D eigenvalue weighted by molar-refractivity contribution is 0.411. The van der Waals surface area contributed by atoms with Crippen molar-refractivity contribution in [1.82, 2.24) is 0 Å². The van der Waals surface area contributed by atoms with Gasteiger partial charge in [-0.05, 0) is 57.1 Å². The van der Waals surface area contributed by atoms with Gasteiger partial charge in [-0.25, -0.2) is 4.39 Å². The van der Waals surface area contributed by atoms with Crippen molar-refractivity contribution < 1.29 is 9.13 Å². The summed E-state index contributed by atoms with van der Waals surface area (Å²) in [7, 11) is 1.68. The van der Waals surface area contributed by atoms with Crippen LogP contribution in [0.2, 0.25) is 0 Å². The number of rotatable bonds is 4. The van der Waals surface area contributed by atoms with E-state index >= 15 is 0 Å². The minimum absolute atomic E-state index is 0.232. The van der Waals surface area contributed by atoms with E-state index in [9.17, 15) is 4.39 Å². The number of benzene rings is 2. The molecule has 2 aromatic rings. The Kier molecular flexibility index (Phi) is 5.04. The number of halogens is 2. The molecule has 0 radical (unpaired) electrons. The largest absolute Gasteiger partial charge is 0.496 e. The minimum atomic E-state index is -0.232. The SMILES string of the molecule is CCc1cc(C(C)C)c(Br)c(-c2ccc(F)cc2)c1OC. The van der Waals surface area contributed by atoms with Gasteiger partial charge in [-0.3, -0.25) is 0 Å². The zero-order valence-electron chi connectivity index (χ0n) is 12.8. The molecule has 21 heavy (non-hydrogen) atoms. The van der Waals surface area contributed by atoms with E-state index in [1.807, 2.05) is 0 Å². The Labute approximate surface area is 134 Å². The fraction of sp³-hybridized carbons (Fsp3) is 0.333. The second-order valence-electron chi connectivity index (χ2n) is 5.36. The predicted molar refractivity (Wildman–Crippen MR) is 89.6 cm³/mol. The Morgan fingerprint density at radius 3 is 2.29 bits per heavy atom. The molecule has 0 fully saturated rings. The molecule has 0 aromatic heterocycles. The highest BCUT2D eigenvalue weighted by Gasteiger charge is 2.19. The van der Waals surface area contributed by atoms with Crippen molar-refractivity contribution in [2.45, 2.75) is 33.1 Å². The van der Waals surface area contributed by atoms with Gasteiger partial charge < -0.3 is 4.74 Å². The van der Waals surface area contributed by atoms with Crippen LogP contribution >= 0.6 is 15.9 Å². The van der Waals surface area contributed by atoms with Crippen LogP contribution in [-0.2, 0) is 6.42 Å². The van der Waals surface area contributed by atoms with E-state index < -0.39 is 0 Å². The highest BCUT2D eigenvalue weighted by molar-refractivity contribution is 9.10. The molecule has 0 amide bonds. The van der Waals surface area contributed by atoms with E-state index in [-0.39, 0.29) is 5.82 Å². The quantitative estimate of drug-likeness (QED) is 0.661. The average Bonchev–Trinajstić information content (AvgIpc) is 2.47. The fourth-order valence-electron chi connectivity index (χ4n) is 2.51. The molecule has 0 saturated heterocycles. The first-order valence-electron chi connectivity index (χ1n) is 7.14. The summed E-state index contributed by atoms with van der Waals surface area (Å²) in [6, 6.07) is 8.74. The molecule has 2 rings (SSSR count). The van der Waals surface area contributed by atoms with E-state index in [0.29, 0.717) is 5.92 Å². The zero-order chi connectivity index (χ0) is 15.6. The predicted octanol–water partition coefficient (Wildman–Crippen LogP) is 5.95. The Bertz CT molecular complexity index is 633. The third kappa shape index (κ3) is 3.13. The minimum Gasteiger partial charge on any atom is -0.496 e. The summed E-state index contributed by atoms with van der Waals surface area (Å²) in [4.78, 5) is 0. The molecule has 112 valence electrons. The van der Waals surface area contributed by atoms with Crippen LogP contribution in [0.1, 0.15) is 37.8 Å². The van der Waals surface area contributed by atoms with Crippen molar-refractivity contribution in [3.05, 3.63) is 51.7 Å². The Morgan fingerprint density at radius 2 is 1.81 bits per heavy atom. The summed E-state index contributed by atoms with van der Waals surface area (Å²) < 4.78 is 19.9. The van der Waals surface area contributed by atoms with Crippen molar-refractivity contribution in [3.63, 3.8) is 0 Å². The smallest absolute Gasteiger partial charge is 0.131 e. The molecule has 3 heteroatoms. The third-order valence-corrected chi connectivity index (χ3v) is 4.52. The second-order valence-corrected chi connectivity index (χ2v) is 6.16. The molecular formula is C18H20BrFO. The van der Waals surface area contributed by atoms with E-state index in [0.717, 1.165) is 27.8 Å². The van der Waals surface area contributed by atoms with Gasteiger partial charge in [0.1, 0.15) is 11.6 Å². The van der Waals surface area contributed by atoms with Crippen LogP contribution in [0, 0.1) is 5.82 Å². The van der Waals surface area contributed by atoms with Gasteiger partial charge in [0, 0.05) is 10.0 Å². The van der Waals surface area contributed by atoms with Crippen molar-refractivity contribution in [2.24, 2.45) is 0 Å². The summed E-state index contributed by atoms with van der Waals surface area (Å²) in [5, 5.41) is 0. The molecule has 0 saturated carbocycles. The van der Waals surface area contributed by atoms with Gasteiger partial charge in [0.2, 0.25) is 0 Å². The zero-order valence-corrected chi connectivity index (χ0v) is 14.4. The van der Waals surface area contributed by atoms with E-state index in [1.165, 1.54) is 23.3 Å². The van der Waals surface area contributed by atoms with Gasteiger partial charge in [-0.2, -0.15) is 0 Å². The van der Waals surface area contributed by atoms with Crippen LogP contribution in [-0.4, -0.2) is 7.11 Å². The molecule has 2 aromatic carbocycles. The number of methoxy groups -OCH3 is 1. The first-order chi connectivity index (χ1) is 9.99. The van der Waals surface area contributed by atoms with Gasteiger partial charge in [0.05, 0.1) is 7.11 Å². The average molecular weight is 351 g/mol. The molecule has 0 atom stereocenters. The summed E-state index contributed by atoms with van der Waals surface area (Å²) in [6.07, 6.45) is 0.893. The van der Waals surface area contributed by atoms with Gasteiger partial charge >= 0.3 is 0 Å². The van der Waals surface area contributed by atoms with E-state index in [2.05, 4.69) is 42.8 Å². The van der Waals surface area contributed by atoms with Gasteiger partial charge in [0.25, 0.3) is 0 Å². The summed E-state index contributed by atoms with van der Waals surface area (Å²) >= 11 is 3.72. The maximum Gasteiger partial charge on any atom is 0.131 e. The Morgan fingerprint density at radius 1 is 1.19 bits per heavy atom. The lowest BCUT2D eigenvalue weighted by Crippen LogP contribution is -2.00. The topological polar surface area (TPSA) is 9.23 Å². The van der Waals surface area contributed by atoms with Crippen molar-refractivity contribution in [3.8, 4) is 16.9 Å². The van der Waals surface area contributed by atoms with Gasteiger partial charge in [-0.15, -0.1) is 0 Å². The molecule has 0 unspecified atom stereocenters. The molecule has 0 aliphatic heterocycles.